The molecule has 1 aromatic carbocycles. The van der Waals surface area contributed by atoms with Crippen LogP contribution in [0.15, 0.2) is 24.3 Å². The van der Waals surface area contributed by atoms with Crippen molar-refractivity contribution in [3.05, 3.63) is 47.3 Å². The topological polar surface area (TPSA) is 76.0 Å². The first kappa shape index (κ1) is 17.1. The number of rotatable bonds is 4. The van der Waals surface area contributed by atoms with Crippen molar-refractivity contribution in [3.8, 4) is 0 Å². The molecule has 6 nitrogen and oxygen atoms in total. The van der Waals surface area contributed by atoms with E-state index in [1.165, 1.54) is 12.1 Å². The zero-order valence-electron chi connectivity index (χ0n) is 14.3. The van der Waals surface area contributed by atoms with E-state index in [1.807, 2.05) is 13.8 Å². The Bertz CT molecular complexity index is 813. The van der Waals surface area contributed by atoms with Crippen molar-refractivity contribution in [3.63, 3.8) is 0 Å². The normalized spacial score (nSPS) is 13.4. The number of para-hydroxylation sites is 1. The summed E-state index contributed by atoms with van der Waals surface area (Å²) >= 11 is 0. The van der Waals surface area contributed by atoms with Gasteiger partial charge in [0.1, 0.15) is 11.5 Å². The van der Waals surface area contributed by atoms with E-state index in [2.05, 4.69) is 15.6 Å². The van der Waals surface area contributed by atoms with E-state index >= 15 is 0 Å². The number of carbonyl (C=O) groups excluding carboxylic acids is 2. The number of imidazole rings is 1. The molecule has 0 saturated heterocycles. The number of anilines is 1. The van der Waals surface area contributed by atoms with Gasteiger partial charge in [-0.2, -0.15) is 0 Å². The number of hydrogen-bond donors (Lipinski definition) is 2. The fraction of sp³-hybridized carbons (Fsp3) is 0.389. The van der Waals surface area contributed by atoms with Crippen molar-refractivity contribution in [2.24, 2.45) is 0 Å². The van der Waals surface area contributed by atoms with Crippen molar-refractivity contribution < 1.29 is 14.0 Å². The van der Waals surface area contributed by atoms with Gasteiger partial charge in [-0.15, -0.1) is 0 Å². The summed E-state index contributed by atoms with van der Waals surface area (Å²) in [5.41, 5.74) is 1.14. The molecule has 1 aliphatic heterocycles. The first-order valence-corrected chi connectivity index (χ1v) is 8.43. The summed E-state index contributed by atoms with van der Waals surface area (Å²) < 4.78 is 15.5. The molecule has 132 valence electrons. The molecule has 3 rings (SSSR count). The van der Waals surface area contributed by atoms with Gasteiger partial charge >= 0.3 is 0 Å². The van der Waals surface area contributed by atoms with Gasteiger partial charge in [-0.25, -0.2) is 9.37 Å². The second-order valence-corrected chi connectivity index (χ2v) is 6.40. The lowest BCUT2D eigenvalue weighted by Gasteiger charge is -2.17. The molecule has 2 heterocycles. The monoisotopic (exact) mass is 344 g/mol. The molecule has 2 aromatic rings. The molecule has 0 radical (unpaired) electrons. The first-order chi connectivity index (χ1) is 12.0. The molecule has 0 unspecified atom stereocenters. The van der Waals surface area contributed by atoms with Crippen LogP contribution in [0, 0.1) is 5.82 Å². The Hall–Kier alpha value is -2.70. The van der Waals surface area contributed by atoms with Crippen LogP contribution in [0.3, 0.4) is 0 Å². The molecular formula is C18H21FN4O2. The third-order valence-corrected chi connectivity index (χ3v) is 4.08. The van der Waals surface area contributed by atoms with Gasteiger partial charge in [0.2, 0.25) is 0 Å². The van der Waals surface area contributed by atoms with E-state index in [4.69, 9.17) is 0 Å². The minimum absolute atomic E-state index is 0.0240. The van der Waals surface area contributed by atoms with Crippen LogP contribution in [0.25, 0.3) is 0 Å². The standard InChI is InChI=1S/C18H21FN4O2/c1-11(2)20-17(24)15-14-9-5-6-10-23(14)16(22-15)18(25)21-13-8-4-3-7-12(13)19/h3-4,7-8,11H,5-6,9-10H2,1-2H3,(H,20,24)(H,21,25). The highest BCUT2D eigenvalue weighted by molar-refractivity contribution is 6.03. The Morgan fingerprint density at radius 3 is 2.68 bits per heavy atom. The van der Waals surface area contributed by atoms with Gasteiger partial charge in [-0.05, 0) is 45.2 Å². The minimum atomic E-state index is -0.517. The molecule has 7 heteroatoms. The molecule has 1 aromatic heterocycles. The smallest absolute Gasteiger partial charge is 0.291 e. The largest absolute Gasteiger partial charge is 0.348 e. The van der Waals surface area contributed by atoms with Gasteiger partial charge in [-0.3, -0.25) is 9.59 Å². The number of halogens is 1. The van der Waals surface area contributed by atoms with E-state index < -0.39 is 11.7 Å². The number of nitrogens with one attached hydrogen (secondary N) is 2. The summed E-state index contributed by atoms with van der Waals surface area (Å²) in [6.07, 6.45) is 2.55. The third-order valence-electron chi connectivity index (χ3n) is 4.08. The highest BCUT2D eigenvalue weighted by atomic mass is 19.1. The average Bonchev–Trinajstić information content (AvgIpc) is 2.96. The maximum Gasteiger partial charge on any atom is 0.291 e. The van der Waals surface area contributed by atoms with Gasteiger partial charge in [-0.1, -0.05) is 12.1 Å². The zero-order valence-corrected chi connectivity index (χ0v) is 14.3. The van der Waals surface area contributed by atoms with Crippen molar-refractivity contribution in [1.29, 1.82) is 0 Å². The Morgan fingerprint density at radius 2 is 1.96 bits per heavy atom. The second-order valence-electron chi connectivity index (χ2n) is 6.40. The molecule has 0 aliphatic carbocycles. The number of nitrogens with zero attached hydrogens (tertiary/aromatic N) is 2. The fourth-order valence-electron chi connectivity index (χ4n) is 2.97. The lowest BCUT2D eigenvalue weighted by atomic mass is 10.1. The minimum Gasteiger partial charge on any atom is -0.348 e. The van der Waals surface area contributed by atoms with Crippen molar-refractivity contribution in [2.75, 3.05) is 5.32 Å². The molecule has 0 saturated carbocycles. The number of benzene rings is 1. The van der Waals surface area contributed by atoms with Gasteiger partial charge < -0.3 is 15.2 Å². The van der Waals surface area contributed by atoms with Crippen LogP contribution in [-0.4, -0.2) is 27.4 Å². The summed E-state index contributed by atoms with van der Waals surface area (Å²) in [6, 6.07) is 5.93. The maximum atomic E-state index is 13.8. The molecule has 0 atom stereocenters. The Morgan fingerprint density at radius 1 is 1.20 bits per heavy atom. The third kappa shape index (κ3) is 3.55. The molecule has 0 fully saturated rings. The van der Waals surface area contributed by atoms with E-state index in [0.717, 1.165) is 18.5 Å². The van der Waals surface area contributed by atoms with Crippen molar-refractivity contribution in [2.45, 2.75) is 45.7 Å². The first-order valence-electron chi connectivity index (χ1n) is 8.43. The van der Waals surface area contributed by atoms with Crippen LogP contribution in [0.4, 0.5) is 10.1 Å². The van der Waals surface area contributed by atoms with Gasteiger partial charge in [0, 0.05) is 12.6 Å². The predicted molar refractivity (Wildman–Crippen MR) is 92.1 cm³/mol. The summed E-state index contributed by atoms with van der Waals surface area (Å²) in [7, 11) is 0. The summed E-state index contributed by atoms with van der Waals surface area (Å²) in [5, 5.41) is 5.35. The van der Waals surface area contributed by atoms with E-state index in [-0.39, 0.29) is 29.2 Å². The molecule has 0 spiro atoms. The zero-order chi connectivity index (χ0) is 18.0. The molecule has 25 heavy (non-hydrogen) atoms. The van der Waals surface area contributed by atoms with Crippen molar-refractivity contribution >= 4 is 17.5 Å². The molecule has 1 aliphatic rings. The number of amides is 2. The number of fused-ring (bicyclic) bond motifs is 1. The summed E-state index contributed by atoms with van der Waals surface area (Å²) in [6.45, 7) is 4.36. The summed E-state index contributed by atoms with van der Waals surface area (Å²) in [4.78, 5) is 29.3. The molecule has 0 bridgehead atoms. The summed E-state index contributed by atoms with van der Waals surface area (Å²) in [5.74, 6) is -1.17. The average molecular weight is 344 g/mol. The molecular weight excluding hydrogens is 323 g/mol. The van der Waals surface area contributed by atoms with E-state index in [9.17, 15) is 14.0 Å². The van der Waals surface area contributed by atoms with Crippen LogP contribution in [-0.2, 0) is 13.0 Å². The number of carbonyl (C=O) groups is 2. The Kier molecular flexibility index (Phi) is 4.83. The highest BCUT2D eigenvalue weighted by Gasteiger charge is 2.28. The van der Waals surface area contributed by atoms with Gasteiger partial charge in [0.05, 0.1) is 11.4 Å². The van der Waals surface area contributed by atoms with E-state index in [0.29, 0.717) is 13.0 Å². The number of aromatic nitrogens is 2. The van der Waals surface area contributed by atoms with Gasteiger partial charge in [0.25, 0.3) is 11.8 Å². The lowest BCUT2D eigenvalue weighted by molar-refractivity contribution is 0.0937. The molecule has 2 amide bonds. The number of hydrogen-bond acceptors (Lipinski definition) is 3. The van der Waals surface area contributed by atoms with Crippen molar-refractivity contribution in [1.82, 2.24) is 14.9 Å². The van der Waals surface area contributed by atoms with Crippen LogP contribution in [0.5, 0.6) is 0 Å². The van der Waals surface area contributed by atoms with Crippen LogP contribution >= 0.6 is 0 Å². The fourth-order valence-corrected chi connectivity index (χ4v) is 2.97. The quantitative estimate of drug-likeness (QED) is 0.895. The second kappa shape index (κ2) is 7.04. The predicted octanol–water partition coefficient (Wildman–Crippen LogP) is 2.75. The Balaban J connectivity index is 1.93. The highest BCUT2D eigenvalue weighted by Crippen LogP contribution is 2.22. The van der Waals surface area contributed by atoms with Crippen LogP contribution in [0.2, 0.25) is 0 Å². The SMILES string of the molecule is CC(C)NC(=O)c1nc(C(=O)Nc2ccccc2F)n2c1CCCC2. The maximum absolute atomic E-state index is 13.8. The Labute approximate surface area is 145 Å². The van der Waals surface area contributed by atoms with Crippen LogP contribution < -0.4 is 10.6 Å². The lowest BCUT2D eigenvalue weighted by Crippen LogP contribution is -2.31. The van der Waals surface area contributed by atoms with E-state index in [1.54, 1.807) is 16.7 Å². The molecule has 2 N–H and O–H groups in total. The van der Waals surface area contributed by atoms with Crippen LogP contribution in [0.1, 0.15) is 53.5 Å². The van der Waals surface area contributed by atoms with Gasteiger partial charge in [0.15, 0.2) is 5.82 Å².